The molecule has 0 saturated carbocycles. The monoisotopic (exact) mass is 623 g/mol. The number of fused-ring (bicyclic) bond motifs is 1. The largest absolute Gasteiger partial charge is 0.446 e. The second-order valence-corrected chi connectivity index (χ2v) is 11.7. The van der Waals surface area contributed by atoms with Crippen LogP contribution in [0.2, 0.25) is 0 Å². The van der Waals surface area contributed by atoms with Gasteiger partial charge in [0.2, 0.25) is 11.7 Å². The van der Waals surface area contributed by atoms with Crippen LogP contribution in [0.5, 0.6) is 0 Å². The molecule has 0 radical (unpaired) electrons. The molecule has 1 aliphatic heterocycles. The van der Waals surface area contributed by atoms with E-state index in [1.807, 2.05) is 0 Å². The molecule has 3 unspecified atom stereocenters. The summed E-state index contributed by atoms with van der Waals surface area (Å²) in [6, 6.07) is 4.14. The van der Waals surface area contributed by atoms with Crippen molar-refractivity contribution in [3.63, 3.8) is 0 Å². The standard InChI is InChI=1S/C21H23F4N5O2S2.C4H10O3/c1-26-15(6-3-9-31)20-29-19(30-32-20)18-17(34-21(23,24)25)11-4-2-5-14(16(11)33-18)28-13-7-8-27-10-12(13)22;1-3(2)4(5,6)7/h2,4-5,9,12-13,15,26-28H,3,6-8,10H2,1H3;3,5-7H,1-2H3. The minimum atomic E-state index is -4.53. The third kappa shape index (κ3) is 9.07. The highest BCUT2D eigenvalue weighted by molar-refractivity contribution is 8.00. The van der Waals surface area contributed by atoms with Crippen molar-refractivity contribution in [1.82, 2.24) is 20.8 Å². The van der Waals surface area contributed by atoms with Crippen LogP contribution in [0.15, 0.2) is 27.6 Å². The number of thiophene rings is 1. The molecule has 10 nitrogen and oxygen atoms in total. The fourth-order valence-corrected chi connectivity index (χ4v) is 5.96. The summed E-state index contributed by atoms with van der Waals surface area (Å²) in [6.07, 6.45) is 0.887. The molecular weight excluding hydrogens is 590 g/mol. The molecule has 6 N–H and O–H groups in total. The van der Waals surface area contributed by atoms with E-state index in [2.05, 4.69) is 26.1 Å². The van der Waals surface area contributed by atoms with E-state index in [1.54, 1.807) is 25.2 Å². The van der Waals surface area contributed by atoms with Crippen molar-refractivity contribution >= 4 is 45.2 Å². The minimum absolute atomic E-state index is 0.0282. The number of halogens is 4. The number of alkyl halides is 4. The molecule has 0 spiro atoms. The van der Waals surface area contributed by atoms with Gasteiger partial charge in [0.25, 0.3) is 5.97 Å². The maximum atomic E-state index is 14.4. The van der Waals surface area contributed by atoms with Gasteiger partial charge in [0.1, 0.15) is 12.5 Å². The Morgan fingerprint density at radius 1 is 1.29 bits per heavy atom. The van der Waals surface area contributed by atoms with Crippen LogP contribution in [0, 0.1) is 5.92 Å². The number of thioether (sulfide) groups is 1. The predicted octanol–water partition coefficient (Wildman–Crippen LogP) is 4.19. The molecule has 4 rings (SSSR count). The van der Waals surface area contributed by atoms with Crippen LogP contribution in [0.3, 0.4) is 0 Å². The number of hydrogen-bond acceptors (Lipinski definition) is 12. The fourth-order valence-electron chi connectivity index (χ4n) is 3.85. The zero-order valence-electron chi connectivity index (χ0n) is 22.5. The number of carbonyl (C=O) groups excluding carboxylic acids is 1. The first-order valence-corrected chi connectivity index (χ1v) is 14.4. The fraction of sp³-hybridized carbons (Fsp3) is 0.560. The number of carbonyl (C=O) groups is 1. The number of hydrogen-bond donors (Lipinski definition) is 6. The molecule has 1 fully saturated rings. The lowest BCUT2D eigenvalue weighted by atomic mass is 10.0. The van der Waals surface area contributed by atoms with Gasteiger partial charge in [0, 0.05) is 29.2 Å². The van der Waals surface area contributed by atoms with Gasteiger partial charge in [-0.2, -0.15) is 18.2 Å². The molecule has 41 heavy (non-hydrogen) atoms. The molecule has 3 atom stereocenters. The second-order valence-electron chi connectivity index (χ2n) is 9.63. The van der Waals surface area contributed by atoms with Crippen LogP contribution >= 0.6 is 23.1 Å². The average Bonchev–Trinajstić information content (AvgIpc) is 3.51. The van der Waals surface area contributed by atoms with Crippen molar-refractivity contribution in [3.8, 4) is 10.7 Å². The van der Waals surface area contributed by atoms with Crippen LogP contribution in [0.1, 0.15) is 45.0 Å². The van der Waals surface area contributed by atoms with Crippen LogP contribution in [0.4, 0.5) is 23.2 Å². The zero-order chi connectivity index (χ0) is 30.4. The summed E-state index contributed by atoms with van der Waals surface area (Å²) in [7, 11) is 1.67. The number of nitrogens with zero attached hydrogens (tertiary/aromatic N) is 2. The number of aliphatic hydroxyl groups is 3. The summed E-state index contributed by atoms with van der Waals surface area (Å²) in [6.45, 7) is 3.88. The first kappa shape index (κ1) is 33.2. The normalized spacial score (nSPS) is 18.7. The van der Waals surface area contributed by atoms with Crippen molar-refractivity contribution in [2.75, 3.05) is 25.5 Å². The van der Waals surface area contributed by atoms with Crippen LogP contribution in [-0.2, 0) is 4.79 Å². The smallest absolute Gasteiger partial charge is 0.378 e. The Kier molecular flexibility index (Phi) is 11.5. The van der Waals surface area contributed by atoms with Crippen molar-refractivity contribution in [1.29, 1.82) is 0 Å². The van der Waals surface area contributed by atoms with Gasteiger partial charge in [-0.25, -0.2) is 4.39 Å². The molecule has 3 heterocycles. The van der Waals surface area contributed by atoms with Crippen LogP contribution in [0.25, 0.3) is 20.8 Å². The Balaban J connectivity index is 0.000000587. The quantitative estimate of drug-likeness (QED) is 0.0835. The average molecular weight is 624 g/mol. The molecular formula is C25H33F4N5O5S2. The summed E-state index contributed by atoms with van der Waals surface area (Å²) in [5.41, 5.74) is -3.97. The highest BCUT2D eigenvalue weighted by atomic mass is 32.2. The Morgan fingerprint density at radius 3 is 2.59 bits per heavy atom. The predicted molar refractivity (Wildman–Crippen MR) is 148 cm³/mol. The van der Waals surface area contributed by atoms with E-state index in [-0.39, 0.29) is 46.2 Å². The molecule has 0 bridgehead atoms. The maximum absolute atomic E-state index is 14.4. The van der Waals surface area contributed by atoms with Gasteiger partial charge in [-0.3, -0.25) is 0 Å². The summed E-state index contributed by atoms with van der Waals surface area (Å²) in [5, 5.41) is 38.1. The Bertz CT molecular complexity index is 1280. The van der Waals surface area contributed by atoms with Crippen molar-refractivity contribution < 1.29 is 42.2 Å². The molecule has 1 aromatic carbocycles. The zero-order valence-corrected chi connectivity index (χ0v) is 24.2. The van der Waals surface area contributed by atoms with E-state index in [0.717, 1.165) is 17.6 Å². The van der Waals surface area contributed by atoms with Crippen molar-refractivity contribution in [3.05, 3.63) is 24.1 Å². The van der Waals surface area contributed by atoms with Crippen LogP contribution in [-0.4, -0.2) is 75.6 Å². The molecule has 0 aliphatic carbocycles. The van der Waals surface area contributed by atoms with E-state index in [9.17, 15) is 22.4 Å². The Hall–Kier alpha value is -2.34. The molecule has 3 aromatic rings. The molecule has 1 saturated heterocycles. The number of benzene rings is 1. The van der Waals surface area contributed by atoms with Gasteiger partial charge in [0.05, 0.1) is 27.3 Å². The summed E-state index contributed by atoms with van der Waals surface area (Å²) in [5.74, 6) is -2.81. The highest BCUT2D eigenvalue weighted by Crippen LogP contribution is 2.50. The van der Waals surface area contributed by atoms with Gasteiger partial charge in [-0.05, 0) is 44.3 Å². The Labute approximate surface area is 241 Å². The van der Waals surface area contributed by atoms with E-state index >= 15 is 0 Å². The number of nitrogens with one attached hydrogen (secondary N) is 3. The van der Waals surface area contributed by atoms with Gasteiger partial charge in [-0.1, -0.05) is 31.1 Å². The van der Waals surface area contributed by atoms with Gasteiger partial charge >= 0.3 is 5.51 Å². The summed E-state index contributed by atoms with van der Waals surface area (Å²) < 4.78 is 60.7. The Morgan fingerprint density at radius 2 is 2.00 bits per heavy atom. The van der Waals surface area contributed by atoms with E-state index in [1.165, 1.54) is 13.8 Å². The molecule has 1 aliphatic rings. The van der Waals surface area contributed by atoms with E-state index in [0.29, 0.717) is 35.2 Å². The van der Waals surface area contributed by atoms with E-state index < -0.39 is 35.7 Å². The summed E-state index contributed by atoms with van der Waals surface area (Å²) >= 11 is 0.868. The second kappa shape index (κ2) is 14.2. The topological polar surface area (TPSA) is 153 Å². The molecule has 228 valence electrons. The third-order valence-corrected chi connectivity index (χ3v) is 8.50. The minimum Gasteiger partial charge on any atom is -0.378 e. The first-order chi connectivity index (χ1) is 19.2. The van der Waals surface area contributed by atoms with E-state index in [4.69, 9.17) is 19.8 Å². The SMILES string of the molecule is CC(C)C(O)(O)O.CNC(CCC=O)c1nc(-c2sc3c(NC4CCNCC4F)cccc3c2SC(F)(F)F)no1. The summed E-state index contributed by atoms with van der Waals surface area (Å²) in [4.78, 5) is 15.2. The van der Waals surface area contributed by atoms with Crippen molar-refractivity contribution in [2.24, 2.45) is 5.92 Å². The maximum Gasteiger partial charge on any atom is 0.446 e. The third-order valence-electron chi connectivity index (χ3n) is 6.28. The first-order valence-electron chi connectivity index (χ1n) is 12.8. The van der Waals surface area contributed by atoms with Crippen LogP contribution < -0.4 is 16.0 Å². The molecule has 0 amide bonds. The lowest BCUT2D eigenvalue weighted by Crippen LogP contribution is -2.45. The molecule has 16 heteroatoms. The van der Waals surface area contributed by atoms with Gasteiger partial charge in [0.15, 0.2) is 0 Å². The van der Waals surface area contributed by atoms with Gasteiger partial charge in [-0.15, -0.1) is 11.3 Å². The number of piperidine rings is 1. The number of aromatic nitrogens is 2. The van der Waals surface area contributed by atoms with Crippen molar-refractivity contribution in [2.45, 2.75) is 67.7 Å². The highest BCUT2D eigenvalue weighted by Gasteiger charge is 2.35. The number of aldehydes is 1. The van der Waals surface area contributed by atoms with Gasteiger partial charge < -0.3 is 40.6 Å². The molecule has 2 aromatic heterocycles. The lowest BCUT2D eigenvalue weighted by Gasteiger charge is -2.28. The number of rotatable bonds is 10. The lowest BCUT2D eigenvalue weighted by molar-refractivity contribution is -0.335. The number of anilines is 1.